The van der Waals surface area contributed by atoms with Crippen LogP contribution < -0.4 is 5.32 Å². The Balaban J connectivity index is 1.99. The lowest BCUT2D eigenvalue weighted by atomic mass is 10.2. The molecule has 1 N–H and O–H groups in total. The monoisotopic (exact) mass is 305 g/mol. The number of nitrogens with zero attached hydrogens (tertiary/aromatic N) is 2. The number of hydrogen-bond donors (Lipinski definition) is 1. The molecule has 2 aromatic heterocycles. The second-order valence-corrected chi connectivity index (χ2v) is 5.83. The Morgan fingerprint density at radius 2 is 1.96 bits per heavy atom. The van der Waals surface area contributed by atoms with Crippen LogP contribution in [0.5, 0.6) is 0 Å². The smallest absolute Gasteiger partial charge is 0.150 e. The summed E-state index contributed by atoms with van der Waals surface area (Å²) in [5.41, 5.74) is 5.08. The van der Waals surface area contributed by atoms with Crippen LogP contribution in [-0.2, 0) is 13.1 Å². The van der Waals surface area contributed by atoms with Crippen LogP contribution in [0.2, 0.25) is 0 Å². The molecule has 0 spiro atoms. The van der Waals surface area contributed by atoms with Crippen molar-refractivity contribution in [2.45, 2.75) is 33.4 Å². The van der Waals surface area contributed by atoms with E-state index in [2.05, 4.69) is 65.6 Å². The van der Waals surface area contributed by atoms with Crippen LogP contribution in [-0.4, -0.2) is 9.55 Å². The minimum Gasteiger partial charge on any atom is -0.364 e. The lowest BCUT2D eigenvalue weighted by Gasteiger charge is -2.11. The highest BCUT2D eigenvalue weighted by molar-refractivity contribution is 5.93. The number of nitrogens with one attached hydrogen (secondary N) is 1. The standard InChI is InChI=1S/C20H23N3/c1-4-5-13-23-16(3)15(2)18-11-12-21-20(19(18)23)22-14-17-9-7-6-8-10-17/h4,6-12H,1,5,13-14H2,2-3H3,(H,21,22). The van der Waals surface area contributed by atoms with E-state index in [4.69, 9.17) is 0 Å². The molecule has 1 aromatic carbocycles. The summed E-state index contributed by atoms with van der Waals surface area (Å²) in [6.45, 7) is 9.92. The SMILES string of the molecule is C=CCCn1c(C)c(C)c2ccnc(NCc3ccccc3)c21. The number of benzene rings is 1. The van der Waals surface area contributed by atoms with E-state index in [1.54, 1.807) is 0 Å². The van der Waals surface area contributed by atoms with Crippen LogP contribution in [0.15, 0.2) is 55.3 Å². The highest BCUT2D eigenvalue weighted by Crippen LogP contribution is 2.30. The van der Waals surface area contributed by atoms with Crippen molar-refractivity contribution in [2.24, 2.45) is 0 Å². The number of aromatic nitrogens is 2. The third-order valence-corrected chi connectivity index (χ3v) is 4.41. The Labute approximate surface area is 137 Å². The van der Waals surface area contributed by atoms with Crippen molar-refractivity contribution in [2.75, 3.05) is 5.32 Å². The van der Waals surface area contributed by atoms with Gasteiger partial charge in [-0.25, -0.2) is 4.98 Å². The van der Waals surface area contributed by atoms with Gasteiger partial charge in [0.25, 0.3) is 0 Å². The number of aryl methyl sites for hydroxylation is 2. The molecular weight excluding hydrogens is 282 g/mol. The first-order valence-electron chi connectivity index (χ1n) is 8.05. The molecule has 3 nitrogen and oxygen atoms in total. The van der Waals surface area contributed by atoms with Crippen molar-refractivity contribution in [1.82, 2.24) is 9.55 Å². The molecular formula is C20H23N3. The zero-order valence-corrected chi connectivity index (χ0v) is 13.8. The fourth-order valence-electron chi connectivity index (χ4n) is 3.01. The molecule has 0 fully saturated rings. The van der Waals surface area contributed by atoms with Crippen LogP contribution in [0.25, 0.3) is 10.9 Å². The fraction of sp³-hybridized carbons (Fsp3) is 0.250. The predicted molar refractivity (Wildman–Crippen MR) is 97.8 cm³/mol. The third kappa shape index (κ3) is 3.00. The molecule has 0 bridgehead atoms. The normalized spacial score (nSPS) is 10.9. The summed E-state index contributed by atoms with van der Waals surface area (Å²) in [7, 11) is 0. The molecule has 3 aromatic rings. The first-order valence-corrected chi connectivity index (χ1v) is 8.05. The molecule has 0 saturated carbocycles. The second-order valence-electron chi connectivity index (χ2n) is 5.83. The second kappa shape index (κ2) is 6.69. The predicted octanol–water partition coefficient (Wildman–Crippen LogP) is 4.84. The number of pyridine rings is 1. The van der Waals surface area contributed by atoms with Crippen molar-refractivity contribution < 1.29 is 0 Å². The summed E-state index contributed by atoms with van der Waals surface area (Å²) in [5, 5.41) is 4.78. The van der Waals surface area contributed by atoms with E-state index < -0.39 is 0 Å². The topological polar surface area (TPSA) is 29.9 Å². The highest BCUT2D eigenvalue weighted by atomic mass is 15.1. The summed E-state index contributed by atoms with van der Waals surface area (Å²) in [6.07, 6.45) is 4.81. The van der Waals surface area contributed by atoms with Gasteiger partial charge < -0.3 is 9.88 Å². The number of anilines is 1. The van der Waals surface area contributed by atoms with E-state index in [0.717, 1.165) is 25.3 Å². The molecule has 0 aliphatic rings. The Hall–Kier alpha value is -2.55. The number of rotatable bonds is 6. The summed E-state index contributed by atoms with van der Waals surface area (Å²) in [4.78, 5) is 4.59. The molecule has 0 amide bonds. The Kier molecular flexibility index (Phi) is 4.47. The molecule has 2 heterocycles. The van der Waals surface area contributed by atoms with Crippen LogP contribution in [0.3, 0.4) is 0 Å². The van der Waals surface area contributed by atoms with Gasteiger partial charge in [0.15, 0.2) is 5.82 Å². The van der Waals surface area contributed by atoms with Crippen LogP contribution in [0.4, 0.5) is 5.82 Å². The first-order chi connectivity index (χ1) is 11.2. The van der Waals surface area contributed by atoms with Gasteiger partial charge in [-0.2, -0.15) is 0 Å². The molecule has 0 aliphatic heterocycles. The van der Waals surface area contributed by atoms with Crippen LogP contribution in [0, 0.1) is 13.8 Å². The molecule has 23 heavy (non-hydrogen) atoms. The average molecular weight is 305 g/mol. The highest BCUT2D eigenvalue weighted by Gasteiger charge is 2.14. The molecule has 0 saturated heterocycles. The summed E-state index contributed by atoms with van der Waals surface area (Å²) in [6, 6.07) is 12.5. The molecule has 0 atom stereocenters. The zero-order valence-electron chi connectivity index (χ0n) is 13.8. The van der Waals surface area contributed by atoms with E-state index >= 15 is 0 Å². The Morgan fingerprint density at radius 1 is 1.17 bits per heavy atom. The average Bonchev–Trinajstić information content (AvgIpc) is 2.84. The van der Waals surface area contributed by atoms with Crippen molar-refractivity contribution in [3.63, 3.8) is 0 Å². The van der Waals surface area contributed by atoms with Crippen molar-refractivity contribution in [1.29, 1.82) is 0 Å². The van der Waals surface area contributed by atoms with E-state index in [9.17, 15) is 0 Å². The maximum Gasteiger partial charge on any atom is 0.150 e. The summed E-state index contributed by atoms with van der Waals surface area (Å²) in [5.74, 6) is 0.951. The van der Waals surface area contributed by atoms with Gasteiger partial charge in [0.2, 0.25) is 0 Å². The van der Waals surface area contributed by atoms with Gasteiger partial charge in [0.05, 0.1) is 5.52 Å². The van der Waals surface area contributed by atoms with E-state index in [-0.39, 0.29) is 0 Å². The Bertz CT molecular complexity index is 816. The molecule has 3 heteroatoms. The van der Waals surface area contributed by atoms with Gasteiger partial charge in [0.1, 0.15) is 0 Å². The van der Waals surface area contributed by atoms with Gasteiger partial charge in [0, 0.05) is 30.4 Å². The number of fused-ring (bicyclic) bond motifs is 1. The quantitative estimate of drug-likeness (QED) is 0.660. The van der Waals surface area contributed by atoms with E-state index in [1.807, 2.05) is 18.3 Å². The number of allylic oxidation sites excluding steroid dienone is 1. The minimum atomic E-state index is 0.775. The minimum absolute atomic E-state index is 0.775. The van der Waals surface area contributed by atoms with E-state index in [1.165, 1.54) is 27.7 Å². The molecule has 118 valence electrons. The Morgan fingerprint density at radius 3 is 2.70 bits per heavy atom. The van der Waals surface area contributed by atoms with Gasteiger partial charge in [-0.3, -0.25) is 0 Å². The zero-order chi connectivity index (χ0) is 16.2. The van der Waals surface area contributed by atoms with Gasteiger partial charge in [-0.15, -0.1) is 6.58 Å². The summed E-state index contributed by atoms with van der Waals surface area (Å²) >= 11 is 0. The maximum atomic E-state index is 4.59. The lowest BCUT2D eigenvalue weighted by molar-refractivity contribution is 0.714. The first kappa shape index (κ1) is 15.3. The summed E-state index contributed by atoms with van der Waals surface area (Å²) < 4.78 is 2.35. The van der Waals surface area contributed by atoms with Gasteiger partial charge in [-0.05, 0) is 37.5 Å². The van der Waals surface area contributed by atoms with E-state index in [0.29, 0.717) is 0 Å². The largest absolute Gasteiger partial charge is 0.364 e. The number of hydrogen-bond acceptors (Lipinski definition) is 2. The molecule has 3 rings (SSSR count). The molecule has 0 radical (unpaired) electrons. The maximum absolute atomic E-state index is 4.59. The third-order valence-electron chi connectivity index (χ3n) is 4.41. The van der Waals surface area contributed by atoms with Crippen molar-refractivity contribution in [3.05, 3.63) is 72.1 Å². The van der Waals surface area contributed by atoms with Crippen LogP contribution in [0.1, 0.15) is 23.2 Å². The van der Waals surface area contributed by atoms with Crippen molar-refractivity contribution in [3.8, 4) is 0 Å². The van der Waals surface area contributed by atoms with Crippen molar-refractivity contribution >= 4 is 16.7 Å². The molecule has 0 unspecified atom stereocenters. The van der Waals surface area contributed by atoms with Crippen LogP contribution >= 0.6 is 0 Å². The van der Waals surface area contributed by atoms with Gasteiger partial charge >= 0.3 is 0 Å². The molecule has 0 aliphatic carbocycles. The van der Waals surface area contributed by atoms with Gasteiger partial charge in [-0.1, -0.05) is 36.4 Å². The lowest BCUT2D eigenvalue weighted by Crippen LogP contribution is -2.06. The fourth-order valence-corrected chi connectivity index (χ4v) is 3.01.